The fourth-order valence-electron chi connectivity index (χ4n) is 1.84. The Balaban J connectivity index is 1.90. The topological polar surface area (TPSA) is 45.1 Å². The van der Waals surface area contributed by atoms with Gasteiger partial charge in [0.05, 0.1) is 5.60 Å². The summed E-state index contributed by atoms with van der Waals surface area (Å²) < 4.78 is 0. The lowest BCUT2D eigenvalue weighted by Gasteiger charge is -2.24. The molecule has 0 radical (unpaired) electrons. The zero-order valence-corrected chi connectivity index (χ0v) is 10.5. The molecule has 3 heteroatoms. The van der Waals surface area contributed by atoms with Crippen molar-refractivity contribution in [1.29, 1.82) is 0 Å². The van der Waals surface area contributed by atoms with Gasteiger partial charge in [-0.15, -0.1) is 0 Å². The number of benzene rings is 1. The molecule has 2 N–H and O–H groups in total. The van der Waals surface area contributed by atoms with E-state index in [-0.39, 0.29) is 0 Å². The van der Waals surface area contributed by atoms with Gasteiger partial charge in [-0.05, 0) is 31.0 Å². The molecule has 1 heterocycles. The number of hydrogen-bond acceptors (Lipinski definition) is 3. The molecule has 3 nitrogen and oxygen atoms in total. The molecule has 0 bridgehead atoms. The predicted molar refractivity (Wildman–Crippen MR) is 73.4 cm³/mol. The SMILES string of the molecule is CC(O)(CCNc1ccccn1)c1ccccc1. The Bertz CT molecular complexity index is 468. The summed E-state index contributed by atoms with van der Waals surface area (Å²) >= 11 is 0. The molecule has 94 valence electrons. The van der Waals surface area contributed by atoms with E-state index in [1.807, 2.05) is 55.5 Å². The summed E-state index contributed by atoms with van der Waals surface area (Å²) in [6.07, 6.45) is 2.38. The lowest BCUT2D eigenvalue weighted by Crippen LogP contribution is -2.24. The third-order valence-electron chi connectivity index (χ3n) is 2.98. The van der Waals surface area contributed by atoms with Gasteiger partial charge in [-0.3, -0.25) is 0 Å². The predicted octanol–water partition coefficient (Wildman–Crippen LogP) is 2.79. The van der Waals surface area contributed by atoms with Crippen LogP contribution < -0.4 is 5.32 Å². The van der Waals surface area contributed by atoms with Gasteiger partial charge in [0, 0.05) is 12.7 Å². The molecule has 2 rings (SSSR count). The highest BCUT2D eigenvalue weighted by molar-refractivity contribution is 5.33. The summed E-state index contributed by atoms with van der Waals surface area (Å²) in [5.74, 6) is 0.835. The van der Waals surface area contributed by atoms with Crippen molar-refractivity contribution in [2.75, 3.05) is 11.9 Å². The number of anilines is 1. The van der Waals surface area contributed by atoms with Gasteiger partial charge in [0.2, 0.25) is 0 Å². The fourth-order valence-corrected chi connectivity index (χ4v) is 1.84. The Kier molecular flexibility index (Phi) is 3.95. The summed E-state index contributed by atoms with van der Waals surface area (Å²) in [4.78, 5) is 4.18. The van der Waals surface area contributed by atoms with Gasteiger partial charge in [-0.25, -0.2) is 4.98 Å². The van der Waals surface area contributed by atoms with Crippen LogP contribution in [0, 0.1) is 0 Å². The van der Waals surface area contributed by atoms with Gasteiger partial charge in [0.15, 0.2) is 0 Å². The van der Waals surface area contributed by atoms with Crippen LogP contribution in [0.25, 0.3) is 0 Å². The van der Waals surface area contributed by atoms with Crippen LogP contribution in [0.3, 0.4) is 0 Å². The van der Waals surface area contributed by atoms with Gasteiger partial charge in [0.1, 0.15) is 5.82 Å². The van der Waals surface area contributed by atoms with E-state index in [9.17, 15) is 5.11 Å². The van der Waals surface area contributed by atoms with E-state index in [0.717, 1.165) is 11.4 Å². The van der Waals surface area contributed by atoms with Crippen molar-refractivity contribution in [2.45, 2.75) is 18.9 Å². The molecule has 1 aromatic heterocycles. The summed E-state index contributed by atoms with van der Waals surface area (Å²) in [6, 6.07) is 15.5. The minimum Gasteiger partial charge on any atom is -0.385 e. The summed E-state index contributed by atoms with van der Waals surface area (Å²) in [6.45, 7) is 2.52. The van der Waals surface area contributed by atoms with E-state index in [4.69, 9.17) is 0 Å². The standard InChI is InChI=1S/C15H18N2O/c1-15(18,13-7-3-2-4-8-13)10-12-17-14-9-5-6-11-16-14/h2-9,11,18H,10,12H2,1H3,(H,16,17). The van der Waals surface area contributed by atoms with Crippen molar-refractivity contribution in [1.82, 2.24) is 4.98 Å². The van der Waals surface area contributed by atoms with Crippen molar-refractivity contribution in [2.24, 2.45) is 0 Å². The Labute approximate surface area is 108 Å². The van der Waals surface area contributed by atoms with Crippen molar-refractivity contribution in [3.05, 3.63) is 60.3 Å². The molecule has 2 aromatic rings. The maximum Gasteiger partial charge on any atom is 0.125 e. The zero-order chi connectivity index (χ0) is 12.8. The Morgan fingerprint density at radius 2 is 1.83 bits per heavy atom. The largest absolute Gasteiger partial charge is 0.385 e. The average molecular weight is 242 g/mol. The first kappa shape index (κ1) is 12.6. The molecule has 0 aliphatic rings. The third-order valence-corrected chi connectivity index (χ3v) is 2.98. The molecule has 0 aliphatic carbocycles. The highest BCUT2D eigenvalue weighted by Crippen LogP contribution is 2.23. The van der Waals surface area contributed by atoms with E-state index < -0.39 is 5.60 Å². The number of hydrogen-bond donors (Lipinski definition) is 2. The number of pyridine rings is 1. The van der Waals surface area contributed by atoms with Gasteiger partial charge in [0.25, 0.3) is 0 Å². The fraction of sp³-hybridized carbons (Fsp3) is 0.267. The second-order valence-electron chi connectivity index (χ2n) is 4.53. The molecule has 18 heavy (non-hydrogen) atoms. The first-order valence-corrected chi connectivity index (χ1v) is 6.11. The summed E-state index contributed by atoms with van der Waals surface area (Å²) in [5, 5.41) is 13.6. The number of rotatable bonds is 5. The average Bonchev–Trinajstić information content (AvgIpc) is 2.41. The molecule has 0 spiro atoms. The number of nitrogens with zero attached hydrogens (tertiary/aromatic N) is 1. The van der Waals surface area contributed by atoms with Crippen LogP contribution in [0.4, 0.5) is 5.82 Å². The number of aliphatic hydroxyl groups is 1. The molecule has 0 saturated carbocycles. The van der Waals surface area contributed by atoms with Crippen molar-refractivity contribution in [3.63, 3.8) is 0 Å². The van der Waals surface area contributed by atoms with Crippen LogP contribution in [0.5, 0.6) is 0 Å². The van der Waals surface area contributed by atoms with Gasteiger partial charge < -0.3 is 10.4 Å². The van der Waals surface area contributed by atoms with E-state index in [0.29, 0.717) is 13.0 Å². The minimum atomic E-state index is -0.816. The molecule has 1 unspecified atom stereocenters. The smallest absolute Gasteiger partial charge is 0.125 e. The van der Waals surface area contributed by atoms with Gasteiger partial charge in [-0.2, -0.15) is 0 Å². The minimum absolute atomic E-state index is 0.633. The summed E-state index contributed by atoms with van der Waals surface area (Å²) in [5.41, 5.74) is 0.121. The van der Waals surface area contributed by atoms with Crippen LogP contribution in [-0.2, 0) is 5.60 Å². The second kappa shape index (κ2) is 5.65. The quantitative estimate of drug-likeness (QED) is 0.847. The van der Waals surface area contributed by atoms with Crippen LogP contribution in [0.15, 0.2) is 54.7 Å². The van der Waals surface area contributed by atoms with Crippen LogP contribution in [0.2, 0.25) is 0 Å². The van der Waals surface area contributed by atoms with Crippen molar-refractivity contribution < 1.29 is 5.11 Å². The number of nitrogens with one attached hydrogen (secondary N) is 1. The normalized spacial score (nSPS) is 13.9. The Morgan fingerprint density at radius 3 is 2.50 bits per heavy atom. The van der Waals surface area contributed by atoms with Crippen LogP contribution >= 0.6 is 0 Å². The third kappa shape index (κ3) is 3.31. The van der Waals surface area contributed by atoms with E-state index >= 15 is 0 Å². The van der Waals surface area contributed by atoms with Crippen LogP contribution in [-0.4, -0.2) is 16.6 Å². The van der Waals surface area contributed by atoms with E-state index in [1.54, 1.807) is 6.20 Å². The van der Waals surface area contributed by atoms with Crippen molar-refractivity contribution in [3.8, 4) is 0 Å². The number of aromatic nitrogens is 1. The molecular formula is C15H18N2O. The lowest BCUT2D eigenvalue weighted by atomic mass is 9.93. The molecule has 0 amide bonds. The first-order valence-electron chi connectivity index (χ1n) is 6.11. The molecule has 0 fully saturated rings. The monoisotopic (exact) mass is 242 g/mol. The lowest BCUT2D eigenvalue weighted by molar-refractivity contribution is 0.0515. The molecule has 0 saturated heterocycles. The zero-order valence-electron chi connectivity index (χ0n) is 10.5. The highest BCUT2D eigenvalue weighted by atomic mass is 16.3. The maximum absolute atomic E-state index is 10.4. The second-order valence-corrected chi connectivity index (χ2v) is 4.53. The molecule has 0 aliphatic heterocycles. The van der Waals surface area contributed by atoms with Crippen LogP contribution in [0.1, 0.15) is 18.9 Å². The summed E-state index contributed by atoms with van der Waals surface area (Å²) in [7, 11) is 0. The molecular weight excluding hydrogens is 224 g/mol. The Morgan fingerprint density at radius 1 is 1.11 bits per heavy atom. The first-order chi connectivity index (χ1) is 8.68. The highest BCUT2D eigenvalue weighted by Gasteiger charge is 2.21. The van der Waals surface area contributed by atoms with E-state index in [2.05, 4.69) is 10.3 Å². The van der Waals surface area contributed by atoms with Gasteiger partial charge in [-0.1, -0.05) is 36.4 Å². The van der Waals surface area contributed by atoms with E-state index in [1.165, 1.54) is 0 Å². The van der Waals surface area contributed by atoms with Crippen molar-refractivity contribution >= 4 is 5.82 Å². The van der Waals surface area contributed by atoms with Gasteiger partial charge >= 0.3 is 0 Å². The maximum atomic E-state index is 10.4. The molecule has 1 atom stereocenters. The molecule has 1 aromatic carbocycles. The Hall–Kier alpha value is -1.87.